The molecule has 5 nitrogen and oxygen atoms in total. The van der Waals surface area contributed by atoms with E-state index in [-0.39, 0.29) is 6.47 Å². The van der Waals surface area contributed by atoms with Gasteiger partial charge in [0.2, 0.25) is 5.89 Å². The minimum absolute atomic E-state index is 0.250. The fraction of sp³-hybridized carbons (Fsp3) is 0.360. The van der Waals surface area contributed by atoms with Gasteiger partial charge < -0.3 is 14.4 Å². The first-order valence-electron chi connectivity index (χ1n) is 10.7. The molecule has 1 unspecified atom stereocenters. The monoisotopic (exact) mass is 462 g/mol. The number of oxazole rings is 1. The predicted octanol–water partition coefficient (Wildman–Crippen LogP) is 6.62. The summed E-state index contributed by atoms with van der Waals surface area (Å²) in [5.74, 6) is 1.57. The Morgan fingerprint density at radius 3 is 2.55 bits per heavy atom. The van der Waals surface area contributed by atoms with Gasteiger partial charge >= 0.3 is 6.18 Å². The normalized spacial score (nSPS) is 18.4. The largest absolute Gasteiger partial charge is 0.483 e. The molecule has 2 aromatic rings. The van der Waals surface area contributed by atoms with E-state index in [0.717, 1.165) is 49.2 Å². The van der Waals surface area contributed by atoms with Gasteiger partial charge in [0.05, 0.1) is 17.8 Å². The number of rotatable bonds is 5. The summed E-state index contributed by atoms with van der Waals surface area (Å²) in [4.78, 5) is 15.0. The van der Waals surface area contributed by atoms with Gasteiger partial charge in [0, 0.05) is 18.3 Å². The number of carboxylic acid groups (broad SMARTS) is 1. The van der Waals surface area contributed by atoms with Crippen LogP contribution >= 0.6 is 0 Å². The molecule has 1 aliphatic rings. The van der Waals surface area contributed by atoms with Crippen LogP contribution in [0.2, 0.25) is 0 Å². The highest BCUT2D eigenvalue weighted by Crippen LogP contribution is 2.31. The summed E-state index contributed by atoms with van der Waals surface area (Å²) in [7, 11) is 0. The molecule has 1 aromatic heterocycles. The SMILES string of the molecule is C=C1/C=C\CC(CCC)CN(Cc2oc(-c3ccc(C(F)(F)F)cc3)nc2C)/C=C\1.O=CO. The molecule has 1 aromatic carbocycles. The van der Waals surface area contributed by atoms with E-state index in [0.29, 0.717) is 29.7 Å². The second-order valence-corrected chi connectivity index (χ2v) is 7.82. The molecule has 178 valence electrons. The Kier molecular flexibility index (Phi) is 9.51. The molecule has 0 fully saturated rings. The average Bonchev–Trinajstić information content (AvgIpc) is 3.15. The summed E-state index contributed by atoms with van der Waals surface area (Å²) in [6, 6.07) is 4.88. The third kappa shape index (κ3) is 7.97. The zero-order valence-electron chi connectivity index (χ0n) is 18.8. The number of carbonyl (C=O) groups is 1. The lowest BCUT2D eigenvalue weighted by Crippen LogP contribution is -2.24. The van der Waals surface area contributed by atoms with Crippen LogP contribution in [0.3, 0.4) is 0 Å². The molecule has 8 heteroatoms. The smallest absolute Gasteiger partial charge is 0.416 e. The first-order valence-corrected chi connectivity index (χ1v) is 10.7. The highest BCUT2D eigenvalue weighted by molar-refractivity contribution is 5.54. The van der Waals surface area contributed by atoms with Gasteiger partial charge in [0.25, 0.3) is 6.47 Å². The molecule has 2 heterocycles. The van der Waals surface area contributed by atoms with Crippen molar-refractivity contribution in [1.29, 1.82) is 0 Å². The van der Waals surface area contributed by atoms with Gasteiger partial charge in [-0.15, -0.1) is 0 Å². The van der Waals surface area contributed by atoms with Crippen LogP contribution in [0.5, 0.6) is 0 Å². The minimum atomic E-state index is -4.36. The van der Waals surface area contributed by atoms with Crippen molar-refractivity contribution in [3.63, 3.8) is 0 Å². The Morgan fingerprint density at radius 1 is 1.27 bits per heavy atom. The van der Waals surface area contributed by atoms with Crippen molar-refractivity contribution in [2.45, 2.75) is 45.8 Å². The highest BCUT2D eigenvalue weighted by atomic mass is 19.4. The lowest BCUT2D eigenvalue weighted by Gasteiger charge is -2.24. The number of alkyl halides is 3. The molecule has 1 aliphatic heterocycles. The van der Waals surface area contributed by atoms with E-state index >= 15 is 0 Å². The third-order valence-electron chi connectivity index (χ3n) is 5.19. The second kappa shape index (κ2) is 12.1. The number of halogens is 3. The van der Waals surface area contributed by atoms with Crippen LogP contribution in [0.1, 0.15) is 43.2 Å². The van der Waals surface area contributed by atoms with Gasteiger partial charge in [0.15, 0.2) is 0 Å². The summed E-state index contributed by atoms with van der Waals surface area (Å²) in [5.41, 5.74) is 1.52. The molecule has 0 saturated carbocycles. The quantitative estimate of drug-likeness (QED) is 0.506. The van der Waals surface area contributed by atoms with Gasteiger partial charge in [-0.05, 0) is 61.6 Å². The van der Waals surface area contributed by atoms with Crippen molar-refractivity contribution in [3.05, 3.63) is 77.9 Å². The Balaban J connectivity index is 0.00000122. The maximum atomic E-state index is 12.8. The van der Waals surface area contributed by atoms with Crippen LogP contribution in [0.25, 0.3) is 11.5 Å². The number of benzene rings is 1. The van der Waals surface area contributed by atoms with Crippen LogP contribution in [0, 0.1) is 12.8 Å². The van der Waals surface area contributed by atoms with Gasteiger partial charge in [-0.25, -0.2) is 4.98 Å². The van der Waals surface area contributed by atoms with E-state index in [2.05, 4.69) is 29.5 Å². The van der Waals surface area contributed by atoms with Crippen molar-refractivity contribution in [2.75, 3.05) is 6.54 Å². The van der Waals surface area contributed by atoms with E-state index in [1.807, 2.05) is 25.3 Å². The van der Waals surface area contributed by atoms with Crippen molar-refractivity contribution in [1.82, 2.24) is 9.88 Å². The second-order valence-electron chi connectivity index (χ2n) is 7.82. The standard InChI is InChI=1S/C24H27F3N2O.CH2O2/c1-4-6-19-8-5-7-17(2)13-14-29(15-19)16-22-18(3)28-23(30-22)20-9-11-21(12-10-20)24(25,26)27;2-1-3/h5,7,9-14,19H,2,4,6,8,15-16H2,1,3H3;1H,(H,2,3)/b7-5-,14-13-;. The maximum absolute atomic E-state index is 12.8. The number of hydrogen-bond acceptors (Lipinski definition) is 4. The molecule has 0 radical (unpaired) electrons. The van der Waals surface area contributed by atoms with Crippen molar-refractivity contribution in [2.24, 2.45) is 5.92 Å². The molecule has 33 heavy (non-hydrogen) atoms. The fourth-order valence-corrected chi connectivity index (χ4v) is 3.55. The molecule has 1 N–H and O–H groups in total. The molecular formula is C25H29F3N2O3. The van der Waals surface area contributed by atoms with E-state index < -0.39 is 11.7 Å². The zero-order chi connectivity index (χ0) is 24.4. The van der Waals surface area contributed by atoms with Gasteiger partial charge in [-0.3, -0.25) is 4.79 Å². The third-order valence-corrected chi connectivity index (χ3v) is 5.19. The van der Waals surface area contributed by atoms with Crippen LogP contribution in [-0.4, -0.2) is 28.0 Å². The van der Waals surface area contributed by atoms with Gasteiger partial charge in [-0.2, -0.15) is 13.2 Å². The van der Waals surface area contributed by atoms with E-state index in [1.165, 1.54) is 12.1 Å². The van der Waals surface area contributed by atoms with Gasteiger partial charge in [-0.1, -0.05) is 32.1 Å². The lowest BCUT2D eigenvalue weighted by molar-refractivity contribution is -0.137. The Bertz CT molecular complexity index is 976. The first kappa shape index (κ1) is 26.0. The lowest BCUT2D eigenvalue weighted by atomic mass is 9.99. The first-order chi connectivity index (χ1) is 15.7. The molecule has 0 saturated heterocycles. The summed E-state index contributed by atoms with van der Waals surface area (Å²) in [5, 5.41) is 6.89. The zero-order valence-corrected chi connectivity index (χ0v) is 18.8. The highest BCUT2D eigenvalue weighted by Gasteiger charge is 2.30. The topological polar surface area (TPSA) is 66.6 Å². The predicted molar refractivity (Wildman–Crippen MR) is 121 cm³/mol. The van der Waals surface area contributed by atoms with Gasteiger partial charge in [0.1, 0.15) is 5.76 Å². The number of aromatic nitrogens is 1. The van der Waals surface area contributed by atoms with E-state index in [1.54, 1.807) is 0 Å². The summed E-state index contributed by atoms with van der Waals surface area (Å²) >= 11 is 0. The minimum Gasteiger partial charge on any atom is -0.483 e. The Morgan fingerprint density at radius 2 is 1.94 bits per heavy atom. The molecule has 1 atom stereocenters. The Hall–Kier alpha value is -3.29. The molecule has 0 amide bonds. The van der Waals surface area contributed by atoms with Crippen molar-refractivity contribution in [3.8, 4) is 11.5 Å². The molecule has 0 spiro atoms. The number of allylic oxidation sites excluding steroid dienone is 4. The van der Waals surface area contributed by atoms with Crippen molar-refractivity contribution < 1.29 is 27.5 Å². The van der Waals surface area contributed by atoms with Crippen LogP contribution in [0.15, 0.2) is 65.3 Å². The molecule has 3 rings (SSSR count). The summed E-state index contributed by atoms with van der Waals surface area (Å²) in [6.07, 6.45) is 7.12. The van der Waals surface area contributed by atoms with Crippen molar-refractivity contribution >= 4 is 6.47 Å². The number of hydrogen-bond donors (Lipinski definition) is 1. The van der Waals surface area contributed by atoms with Crippen LogP contribution < -0.4 is 0 Å². The van der Waals surface area contributed by atoms with Crippen LogP contribution in [0.4, 0.5) is 13.2 Å². The average molecular weight is 463 g/mol. The summed E-state index contributed by atoms with van der Waals surface area (Å²) in [6.45, 7) is 9.27. The maximum Gasteiger partial charge on any atom is 0.416 e. The Labute approximate surface area is 191 Å². The molecular weight excluding hydrogens is 433 g/mol. The number of nitrogens with zero attached hydrogens (tertiary/aromatic N) is 2. The fourth-order valence-electron chi connectivity index (χ4n) is 3.55. The number of aryl methyl sites for hydroxylation is 1. The van der Waals surface area contributed by atoms with E-state index in [9.17, 15) is 13.2 Å². The molecule has 0 aliphatic carbocycles. The summed E-state index contributed by atoms with van der Waals surface area (Å²) < 4.78 is 44.3. The van der Waals surface area contributed by atoms with Crippen LogP contribution in [-0.2, 0) is 17.5 Å². The van der Waals surface area contributed by atoms with E-state index in [4.69, 9.17) is 14.3 Å². The molecule has 0 bridgehead atoms.